The number of thioether (sulfide) groups is 1. The van der Waals surface area contributed by atoms with Gasteiger partial charge in [0.25, 0.3) is 0 Å². The molecule has 0 aliphatic rings. The second kappa shape index (κ2) is 6.10. The van der Waals surface area contributed by atoms with Crippen LogP contribution in [0.1, 0.15) is 23.6 Å². The Balaban J connectivity index is 1.76. The van der Waals surface area contributed by atoms with Crippen molar-refractivity contribution >= 4 is 11.8 Å². The van der Waals surface area contributed by atoms with Crippen LogP contribution in [0, 0.1) is 6.92 Å². The first-order chi connectivity index (χ1) is 10.2. The summed E-state index contributed by atoms with van der Waals surface area (Å²) in [5.41, 5.74) is 2.15. The van der Waals surface area contributed by atoms with Crippen LogP contribution in [0.4, 0.5) is 0 Å². The largest absolute Gasteiger partial charge is 0.419 e. The molecule has 0 unspecified atom stereocenters. The molecule has 21 heavy (non-hydrogen) atoms. The molecule has 0 fully saturated rings. The third kappa shape index (κ3) is 3.31. The van der Waals surface area contributed by atoms with Crippen LogP contribution in [0.25, 0.3) is 11.5 Å². The van der Waals surface area contributed by atoms with Crippen LogP contribution in [-0.4, -0.2) is 15.2 Å². The Morgan fingerprint density at radius 2 is 1.86 bits per heavy atom. The lowest BCUT2D eigenvalue weighted by molar-refractivity contribution is 0.509. The molecule has 0 bridgehead atoms. The second-order valence-corrected chi connectivity index (χ2v) is 6.10. The molecule has 0 amide bonds. The van der Waals surface area contributed by atoms with Crippen molar-refractivity contribution in [2.24, 2.45) is 0 Å². The topological polar surface area (TPSA) is 51.8 Å². The van der Waals surface area contributed by atoms with Crippen LogP contribution in [0.3, 0.4) is 0 Å². The van der Waals surface area contributed by atoms with Gasteiger partial charge in [0.2, 0.25) is 11.8 Å². The van der Waals surface area contributed by atoms with E-state index in [4.69, 9.17) is 4.42 Å². The molecule has 0 N–H and O–H groups in total. The standard InChI is InChI=1S/C16H15N3OS/c1-11-6-8-13(9-7-11)16-19-18-15(20-16)12(2)21-14-5-3-4-10-17-14/h3-10,12H,1-2H3/t12-/m1/s1. The van der Waals surface area contributed by atoms with E-state index in [1.807, 2.05) is 49.4 Å². The molecule has 0 aliphatic carbocycles. The minimum atomic E-state index is 0.0617. The molecule has 0 radical (unpaired) electrons. The first-order valence-electron chi connectivity index (χ1n) is 6.70. The maximum atomic E-state index is 5.77. The fourth-order valence-electron chi connectivity index (χ4n) is 1.86. The minimum Gasteiger partial charge on any atom is -0.419 e. The van der Waals surface area contributed by atoms with Crippen LogP contribution in [0.15, 0.2) is 58.1 Å². The summed E-state index contributed by atoms with van der Waals surface area (Å²) >= 11 is 1.60. The predicted molar refractivity (Wildman–Crippen MR) is 83.0 cm³/mol. The van der Waals surface area contributed by atoms with Crippen LogP contribution >= 0.6 is 11.8 Å². The number of nitrogens with zero attached hydrogens (tertiary/aromatic N) is 3. The molecule has 1 atom stereocenters. The zero-order valence-corrected chi connectivity index (χ0v) is 12.7. The van der Waals surface area contributed by atoms with Gasteiger partial charge in [0.15, 0.2) is 0 Å². The highest BCUT2D eigenvalue weighted by molar-refractivity contribution is 7.99. The van der Waals surface area contributed by atoms with E-state index in [2.05, 4.69) is 22.1 Å². The molecule has 1 aromatic carbocycles. The summed E-state index contributed by atoms with van der Waals surface area (Å²) in [5, 5.41) is 9.28. The molecule has 3 rings (SSSR count). The maximum absolute atomic E-state index is 5.77. The molecule has 3 aromatic rings. The molecule has 5 heteroatoms. The highest BCUT2D eigenvalue weighted by Gasteiger charge is 2.16. The van der Waals surface area contributed by atoms with Gasteiger partial charge in [-0.2, -0.15) is 0 Å². The van der Waals surface area contributed by atoms with Gasteiger partial charge in [-0.15, -0.1) is 10.2 Å². The summed E-state index contributed by atoms with van der Waals surface area (Å²) < 4.78 is 5.77. The number of aryl methyl sites for hydroxylation is 1. The lowest BCUT2D eigenvalue weighted by Gasteiger charge is -2.05. The second-order valence-electron chi connectivity index (χ2n) is 4.74. The van der Waals surface area contributed by atoms with Crippen molar-refractivity contribution in [1.29, 1.82) is 0 Å². The number of rotatable bonds is 4. The van der Waals surface area contributed by atoms with Crippen molar-refractivity contribution in [3.8, 4) is 11.5 Å². The van der Waals surface area contributed by atoms with E-state index in [0.29, 0.717) is 11.8 Å². The molecular formula is C16H15N3OS. The summed E-state index contributed by atoms with van der Waals surface area (Å²) in [6, 6.07) is 13.9. The van der Waals surface area contributed by atoms with E-state index < -0.39 is 0 Å². The minimum absolute atomic E-state index is 0.0617. The van der Waals surface area contributed by atoms with E-state index in [9.17, 15) is 0 Å². The molecule has 2 heterocycles. The van der Waals surface area contributed by atoms with Crippen LogP contribution in [-0.2, 0) is 0 Å². The maximum Gasteiger partial charge on any atom is 0.247 e. The van der Waals surface area contributed by atoms with Gasteiger partial charge in [-0.05, 0) is 38.1 Å². The lowest BCUT2D eigenvalue weighted by Crippen LogP contribution is -1.89. The van der Waals surface area contributed by atoms with Gasteiger partial charge in [-0.25, -0.2) is 4.98 Å². The molecule has 0 aliphatic heterocycles. The van der Waals surface area contributed by atoms with Crippen molar-refractivity contribution in [2.75, 3.05) is 0 Å². The van der Waals surface area contributed by atoms with E-state index >= 15 is 0 Å². The normalized spacial score (nSPS) is 12.3. The Morgan fingerprint density at radius 3 is 2.57 bits per heavy atom. The highest BCUT2D eigenvalue weighted by Crippen LogP contribution is 2.33. The van der Waals surface area contributed by atoms with Crippen molar-refractivity contribution in [3.63, 3.8) is 0 Å². The van der Waals surface area contributed by atoms with Gasteiger partial charge in [0, 0.05) is 11.8 Å². The molecule has 106 valence electrons. The third-order valence-electron chi connectivity index (χ3n) is 3.02. The Labute approximate surface area is 127 Å². The van der Waals surface area contributed by atoms with Crippen LogP contribution < -0.4 is 0 Å². The van der Waals surface area contributed by atoms with Gasteiger partial charge in [0.05, 0.1) is 10.3 Å². The number of hydrogen-bond donors (Lipinski definition) is 0. The smallest absolute Gasteiger partial charge is 0.247 e. The van der Waals surface area contributed by atoms with Gasteiger partial charge in [-0.1, -0.05) is 35.5 Å². The average molecular weight is 297 g/mol. The predicted octanol–water partition coefficient (Wildman–Crippen LogP) is 4.29. The Kier molecular flexibility index (Phi) is 4.01. The fraction of sp³-hybridized carbons (Fsp3) is 0.188. The van der Waals surface area contributed by atoms with E-state index in [-0.39, 0.29) is 5.25 Å². The van der Waals surface area contributed by atoms with Crippen LogP contribution in [0.2, 0.25) is 0 Å². The van der Waals surface area contributed by atoms with Gasteiger partial charge in [-0.3, -0.25) is 0 Å². The first kappa shape index (κ1) is 13.8. The van der Waals surface area contributed by atoms with Gasteiger partial charge < -0.3 is 4.42 Å². The van der Waals surface area contributed by atoms with Gasteiger partial charge in [0.1, 0.15) is 0 Å². The Morgan fingerprint density at radius 1 is 1.05 bits per heavy atom. The summed E-state index contributed by atoms with van der Waals surface area (Å²) in [7, 11) is 0. The Bertz CT molecular complexity index is 710. The third-order valence-corrected chi connectivity index (χ3v) is 4.06. The molecule has 0 spiro atoms. The van der Waals surface area contributed by atoms with Crippen molar-refractivity contribution in [2.45, 2.75) is 24.1 Å². The zero-order valence-electron chi connectivity index (χ0n) is 11.9. The molecule has 0 saturated carbocycles. The summed E-state index contributed by atoms with van der Waals surface area (Å²) in [6.07, 6.45) is 1.78. The Hall–Kier alpha value is -2.14. The average Bonchev–Trinajstić information content (AvgIpc) is 2.99. The summed E-state index contributed by atoms with van der Waals surface area (Å²) in [4.78, 5) is 4.29. The monoisotopic (exact) mass is 297 g/mol. The molecule has 2 aromatic heterocycles. The highest BCUT2D eigenvalue weighted by atomic mass is 32.2. The van der Waals surface area contributed by atoms with E-state index in [1.165, 1.54) is 5.56 Å². The number of aromatic nitrogens is 3. The lowest BCUT2D eigenvalue weighted by atomic mass is 10.1. The van der Waals surface area contributed by atoms with Gasteiger partial charge >= 0.3 is 0 Å². The number of benzene rings is 1. The fourth-order valence-corrected chi connectivity index (χ4v) is 2.70. The number of hydrogen-bond acceptors (Lipinski definition) is 5. The number of pyridine rings is 1. The quantitative estimate of drug-likeness (QED) is 0.672. The first-order valence-corrected chi connectivity index (χ1v) is 7.58. The van der Waals surface area contributed by atoms with Crippen molar-refractivity contribution in [1.82, 2.24) is 15.2 Å². The summed E-state index contributed by atoms with van der Waals surface area (Å²) in [6.45, 7) is 4.08. The zero-order chi connectivity index (χ0) is 14.7. The summed E-state index contributed by atoms with van der Waals surface area (Å²) in [5.74, 6) is 1.17. The molecule has 4 nitrogen and oxygen atoms in total. The van der Waals surface area contributed by atoms with E-state index in [0.717, 1.165) is 10.6 Å². The van der Waals surface area contributed by atoms with E-state index in [1.54, 1.807) is 18.0 Å². The van der Waals surface area contributed by atoms with Crippen molar-refractivity contribution in [3.05, 3.63) is 60.1 Å². The molecule has 0 saturated heterocycles. The van der Waals surface area contributed by atoms with Crippen molar-refractivity contribution < 1.29 is 4.42 Å². The van der Waals surface area contributed by atoms with Crippen LogP contribution in [0.5, 0.6) is 0 Å². The molecular weight excluding hydrogens is 282 g/mol. The SMILES string of the molecule is Cc1ccc(-c2nnc([C@@H](C)Sc3ccccn3)o2)cc1.